The molecule has 1 aromatic rings. The van der Waals surface area contributed by atoms with Crippen LogP contribution in [0.1, 0.15) is 89.4 Å². The normalized spacial score (nSPS) is 44.0. The lowest BCUT2D eigenvalue weighted by Gasteiger charge is -2.67. The summed E-state index contributed by atoms with van der Waals surface area (Å²) in [6.45, 7) is 7.87. The van der Waals surface area contributed by atoms with Crippen LogP contribution in [0.4, 0.5) is 0 Å². The van der Waals surface area contributed by atoms with Crippen molar-refractivity contribution in [1.29, 1.82) is 0 Å². The maximum Gasteiger partial charge on any atom is 0.338 e. The topological polar surface area (TPSA) is 89.9 Å². The minimum Gasteiger partial charge on any atom is -0.481 e. The van der Waals surface area contributed by atoms with Gasteiger partial charge in [-0.1, -0.05) is 38.5 Å². The van der Waals surface area contributed by atoms with Gasteiger partial charge in [-0.05, 0) is 80.8 Å². The molecule has 4 saturated carbocycles. The van der Waals surface area contributed by atoms with Crippen LogP contribution in [0.3, 0.4) is 0 Å². The largest absolute Gasteiger partial charge is 0.481 e. The van der Waals surface area contributed by atoms with Gasteiger partial charge in [0.05, 0.1) is 11.0 Å². The standard InChI is InChI=1S/C29H38O6/c1-18(30)34-22-16-20-15-21(35-24(31)19-9-6-5-7-10-19)23-27(3,25(32)33)11-8-12-28(23,4)29(20)14-13-26(22,2)17-29/h5-7,9-10,20-23H,8,11-17H2,1-4H3,(H,32,33)/t20-,21+,22-,23-,26-,27+,28-,29-/m0/s1. The first kappa shape index (κ1) is 24.3. The van der Waals surface area contributed by atoms with Crippen LogP contribution in [0, 0.1) is 33.5 Å². The third-order valence-corrected chi connectivity index (χ3v) is 10.8. The summed E-state index contributed by atoms with van der Waals surface area (Å²) in [5.41, 5.74) is -0.879. The Kier molecular flexibility index (Phi) is 5.61. The van der Waals surface area contributed by atoms with Crippen molar-refractivity contribution in [2.24, 2.45) is 33.5 Å². The maximum absolute atomic E-state index is 13.2. The molecule has 1 aromatic carbocycles. The molecule has 35 heavy (non-hydrogen) atoms. The number of aliphatic carboxylic acids is 1. The van der Waals surface area contributed by atoms with E-state index in [0.29, 0.717) is 18.4 Å². The number of carboxylic acids is 1. The van der Waals surface area contributed by atoms with Crippen molar-refractivity contribution in [2.45, 2.75) is 91.3 Å². The van der Waals surface area contributed by atoms with Gasteiger partial charge in [0.2, 0.25) is 0 Å². The molecule has 5 rings (SSSR count). The molecule has 0 aromatic heterocycles. The van der Waals surface area contributed by atoms with Crippen LogP contribution in [0.15, 0.2) is 30.3 Å². The fourth-order valence-corrected chi connectivity index (χ4v) is 9.23. The first-order valence-corrected chi connectivity index (χ1v) is 13.1. The van der Waals surface area contributed by atoms with Crippen LogP contribution >= 0.6 is 0 Å². The number of rotatable bonds is 4. The maximum atomic E-state index is 13.2. The van der Waals surface area contributed by atoms with Crippen molar-refractivity contribution < 1.29 is 29.0 Å². The van der Waals surface area contributed by atoms with E-state index in [0.717, 1.165) is 38.5 Å². The van der Waals surface area contributed by atoms with Crippen LogP contribution < -0.4 is 0 Å². The zero-order valence-corrected chi connectivity index (χ0v) is 21.3. The number of hydrogen-bond acceptors (Lipinski definition) is 5. The van der Waals surface area contributed by atoms with E-state index < -0.39 is 23.5 Å². The molecule has 0 heterocycles. The second kappa shape index (κ2) is 8.07. The van der Waals surface area contributed by atoms with Crippen LogP contribution in [0.2, 0.25) is 0 Å². The molecule has 4 aliphatic rings. The van der Waals surface area contributed by atoms with E-state index in [1.165, 1.54) is 6.92 Å². The lowest BCUT2D eigenvalue weighted by Crippen LogP contribution is -2.66. The van der Waals surface area contributed by atoms with Crippen molar-refractivity contribution in [3.8, 4) is 0 Å². The second-order valence-corrected chi connectivity index (χ2v) is 12.5. The SMILES string of the molecule is CC(=O)O[C@H]1C[C@@H]2C[C@@H](OC(=O)c3ccccc3)[C@H]3[C@](C)(C(=O)O)CCC[C@]3(C)[C@]23CC[C@@]1(C)C3. The van der Waals surface area contributed by atoms with Gasteiger partial charge in [-0.3, -0.25) is 9.59 Å². The predicted octanol–water partition coefficient (Wildman–Crippen LogP) is 5.64. The summed E-state index contributed by atoms with van der Waals surface area (Å²) in [6.07, 6.45) is 6.03. The van der Waals surface area contributed by atoms with Crippen molar-refractivity contribution in [1.82, 2.24) is 0 Å². The highest BCUT2D eigenvalue weighted by atomic mass is 16.5. The Morgan fingerprint density at radius 2 is 1.66 bits per heavy atom. The number of fused-ring (bicyclic) bond motifs is 2. The minimum absolute atomic E-state index is 0.0319. The highest BCUT2D eigenvalue weighted by Crippen LogP contribution is 2.76. The molecular formula is C29H38O6. The number of carboxylic acid groups (broad SMARTS) is 1. The summed E-state index contributed by atoms with van der Waals surface area (Å²) in [5, 5.41) is 10.5. The average Bonchev–Trinajstić information content (AvgIpc) is 3.12. The molecule has 6 heteroatoms. The van der Waals surface area contributed by atoms with Crippen molar-refractivity contribution in [3.63, 3.8) is 0 Å². The van der Waals surface area contributed by atoms with E-state index in [4.69, 9.17) is 9.47 Å². The van der Waals surface area contributed by atoms with Crippen molar-refractivity contribution >= 4 is 17.9 Å². The lowest BCUT2D eigenvalue weighted by molar-refractivity contribution is -0.235. The molecular weight excluding hydrogens is 444 g/mol. The molecule has 8 atom stereocenters. The predicted molar refractivity (Wildman–Crippen MR) is 130 cm³/mol. The lowest BCUT2D eigenvalue weighted by atomic mass is 9.37. The summed E-state index contributed by atoms with van der Waals surface area (Å²) in [4.78, 5) is 37.9. The number of hydrogen-bond donors (Lipinski definition) is 1. The van der Waals surface area contributed by atoms with Gasteiger partial charge in [0.25, 0.3) is 0 Å². The molecule has 6 nitrogen and oxygen atoms in total. The summed E-state index contributed by atoms with van der Waals surface area (Å²) >= 11 is 0. The quantitative estimate of drug-likeness (QED) is 0.559. The summed E-state index contributed by atoms with van der Waals surface area (Å²) in [5.74, 6) is -1.49. The van der Waals surface area contributed by atoms with E-state index in [2.05, 4.69) is 13.8 Å². The van der Waals surface area contributed by atoms with E-state index in [1.807, 2.05) is 25.1 Å². The minimum atomic E-state index is -0.958. The van der Waals surface area contributed by atoms with Gasteiger partial charge < -0.3 is 14.6 Å². The van der Waals surface area contributed by atoms with Crippen molar-refractivity contribution in [2.75, 3.05) is 0 Å². The average molecular weight is 483 g/mol. The van der Waals surface area contributed by atoms with Crippen LogP contribution in [-0.2, 0) is 19.1 Å². The fourth-order valence-electron chi connectivity index (χ4n) is 9.23. The Hall–Kier alpha value is -2.37. The molecule has 0 amide bonds. The van der Waals surface area contributed by atoms with E-state index in [-0.39, 0.29) is 40.2 Å². The zero-order chi connectivity index (χ0) is 25.2. The van der Waals surface area contributed by atoms with Gasteiger partial charge in [0, 0.05) is 18.3 Å². The molecule has 1 N–H and O–H groups in total. The Morgan fingerprint density at radius 1 is 0.943 bits per heavy atom. The van der Waals surface area contributed by atoms with E-state index in [9.17, 15) is 19.5 Å². The number of carbonyl (C=O) groups is 3. The highest BCUT2D eigenvalue weighted by Gasteiger charge is 2.73. The van der Waals surface area contributed by atoms with Gasteiger partial charge in [-0.25, -0.2) is 4.79 Å². The molecule has 2 bridgehead atoms. The molecule has 0 aliphatic heterocycles. The molecule has 0 radical (unpaired) electrons. The summed E-state index contributed by atoms with van der Waals surface area (Å²) < 4.78 is 12.1. The van der Waals surface area contributed by atoms with Gasteiger partial charge in [-0.2, -0.15) is 0 Å². The Labute approximate surface area is 207 Å². The number of carbonyl (C=O) groups excluding carboxylic acids is 2. The summed E-state index contributed by atoms with van der Waals surface area (Å²) in [7, 11) is 0. The Bertz CT molecular complexity index is 1040. The van der Waals surface area contributed by atoms with Crippen molar-refractivity contribution in [3.05, 3.63) is 35.9 Å². The smallest absolute Gasteiger partial charge is 0.338 e. The van der Waals surface area contributed by atoms with Crippen LogP contribution in [-0.4, -0.2) is 35.2 Å². The van der Waals surface area contributed by atoms with Crippen LogP contribution in [0.5, 0.6) is 0 Å². The molecule has 1 spiro atoms. The first-order chi connectivity index (χ1) is 16.5. The fraction of sp³-hybridized carbons (Fsp3) is 0.690. The Balaban J connectivity index is 1.58. The zero-order valence-electron chi connectivity index (χ0n) is 21.3. The summed E-state index contributed by atoms with van der Waals surface area (Å²) in [6, 6.07) is 8.95. The van der Waals surface area contributed by atoms with Gasteiger partial charge in [0.15, 0.2) is 0 Å². The van der Waals surface area contributed by atoms with Gasteiger partial charge in [0.1, 0.15) is 12.2 Å². The van der Waals surface area contributed by atoms with E-state index >= 15 is 0 Å². The Morgan fingerprint density at radius 3 is 2.31 bits per heavy atom. The molecule has 0 saturated heterocycles. The van der Waals surface area contributed by atoms with Gasteiger partial charge in [-0.15, -0.1) is 0 Å². The molecule has 0 unspecified atom stereocenters. The third kappa shape index (κ3) is 3.46. The third-order valence-electron chi connectivity index (χ3n) is 10.8. The number of ether oxygens (including phenoxy) is 2. The van der Waals surface area contributed by atoms with Gasteiger partial charge >= 0.3 is 17.9 Å². The molecule has 4 fully saturated rings. The number of esters is 2. The highest BCUT2D eigenvalue weighted by molar-refractivity contribution is 5.89. The second-order valence-electron chi connectivity index (χ2n) is 12.5. The monoisotopic (exact) mass is 482 g/mol. The van der Waals surface area contributed by atoms with Crippen LogP contribution in [0.25, 0.3) is 0 Å². The van der Waals surface area contributed by atoms with E-state index in [1.54, 1.807) is 12.1 Å². The first-order valence-electron chi connectivity index (χ1n) is 13.1. The molecule has 190 valence electrons. The number of benzene rings is 1. The molecule has 4 aliphatic carbocycles.